The average Bonchev–Trinajstić information content (AvgIpc) is 2.42. The van der Waals surface area contributed by atoms with E-state index in [4.69, 9.17) is 9.84 Å². The highest BCUT2D eigenvalue weighted by Crippen LogP contribution is 2.30. The molecule has 1 N–H and O–H groups in total. The van der Waals surface area contributed by atoms with Crippen LogP contribution in [-0.4, -0.2) is 47.8 Å². The van der Waals surface area contributed by atoms with E-state index in [0.717, 1.165) is 0 Å². The van der Waals surface area contributed by atoms with Gasteiger partial charge in [0.25, 0.3) is 0 Å². The van der Waals surface area contributed by atoms with Crippen molar-refractivity contribution in [2.45, 2.75) is 6.92 Å². The quantitative estimate of drug-likeness (QED) is 0.382. The molecule has 1 saturated heterocycles. The van der Waals surface area contributed by atoms with Crippen LogP contribution in [0, 0.1) is 5.41 Å². The van der Waals surface area contributed by atoms with Gasteiger partial charge in [0, 0.05) is 6.54 Å². The third kappa shape index (κ3) is 1.80. The Kier molecular flexibility index (Phi) is 3.59. The summed E-state index contributed by atoms with van der Waals surface area (Å²) in [6.45, 7) is 1.75. The highest BCUT2D eigenvalue weighted by atomic mass is 31.0. The van der Waals surface area contributed by atoms with Crippen molar-refractivity contribution in [3.05, 3.63) is 0 Å². The van der Waals surface area contributed by atoms with Gasteiger partial charge in [-0.2, -0.15) is 0 Å². The van der Waals surface area contributed by atoms with Gasteiger partial charge in [0.15, 0.2) is 11.2 Å². The maximum Gasteiger partial charge on any atom is 0.323 e. The summed E-state index contributed by atoms with van der Waals surface area (Å²) in [5.74, 6) is -0.911. The molecule has 0 spiro atoms. The van der Waals surface area contributed by atoms with Gasteiger partial charge in [-0.05, 0) is 6.92 Å². The van der Waals surface area contributed by atoms with Crippen LogP contribution in [0.15, 0.2) is 0 Å². The first kappa shape index (κ1) is 11.6. The van der Waals surface area contributed by atoms with Crippen molar-refractivity contribution in [2.75, 3.05) is 26.3 Å². The number of ether oxygens (including phenoxy) is 1. The Hall–Kier alpha value is -0.510. The van der Waals surface area contributed by atoms with Gasteiger partial charge in [0.2, 0.25) is 0 Å². The summed E-state index contributed by atoms with van der Waals surface area (Å²) in [5.41, 5.74) is -1.36. The van der Waals surface area contributed by atoms with Crippen LogP contribution in [0.2, 0.25) is 0 Å². The van der Waals surface area contributed by atoms with Gasteiger partial charge in [0.05, 0.1) is 19.8 Å². The van der Waals surface area contributed by atoms with E-state index in [2.05, 4.69) is 9.39 Å². The van der Waals surface area contributed by atoms with Crippen LogP contribution < -0.4 is 0 Å². The van der Waals surface area contributed by atoms with Gasteiger partial charge in [-0.3, -0.25) is 14.3 Å². The van der Waals surface area contributed by atoms with E-state index >= 15 is 0 Å². The van der Waals surface area contributed by atoms with Crippen molar-refractivity contribution >= 4 is 21.1 Å². The molecule has 5 nitrogen and oxygen atoms in total. The lowest BCUT2D eigenvalue weighted by Gasteiger charge is -2.21. The molecule has 6 heteroatoms. The molecule has 0 aromatic rings. The molecule has 1 aliphatic rings. The van der Waals surface area contributed by atoms with E-state index in [0.29, 0.717) is 0 Å². The Morgan fingerprint density at radius 2 is 2.43 bits per heavy atom. The number of Topliss-reactive ketones (excluding diaryl/α,β-unsaturated/α-hetero) is 1. The molecule has 0 bridgehead atoms. The first-order chi connectivity index (χ1) is 6.56. The molecule has 0 aromatic heterocycles. The fourth-order valence-electron chi connectivity index (χ4n) is 1.48. The number of hydrogen-bond donors (Lipinski definition) is 1. The highest BCUT2D eigenvalue weighted by molar-refractivity contribution is 7.13. The van der Waals surface area contributed by atoms with Crippen molar-refractivity contribution in [3.63, 3.8) is 0 Å². The summed E-state index contributed by atoms with van der Waals surface area (Å²) in [4.78, 5) is 23.1. The number of rotatable bonds is 3. The van der Waals surface area contributed by atoms with Crippen molar-refractivity contribution < 1.29 is 19.4 Å². The molecule has 2 unspecified atom stereocenters. The molecule has 0 aliphatic carbocycles. The topological polar surface area (TPSA) is 66.8 Å². The second kappa shape index (κ2) is 4.34. The Morgan fingerprint density at radius 3 is 2.79 bits per heavy atom. The van der Waals surface area contributed by atoms with E-state index in [9.17, 15) is 9.59 Å². The SMILES string of the molecule is CCOC(=O)C1(CO)CN(P)CC1=O. The van der Waals surface area contributed by atoms with Crippen molar-refractivity contribution in [1.29, 1.82) is 0 Å². The minimum Gasteiger partial charge on any atom is -0.465 e. The lowest BCUT2D eigenvalue weighted by Crippen LogP contribution is -2.43. The van der Waals surface area contributed by atoms with E-state index in [1.807, 2.05) is 0 Å². The van der Waals surface area contributed by atoms with Crippen LogP contribution in [0.5, 0.6) is 0 Å². The van der Waals surface area contributed by atoms with E-state index in [1.165, 1.54) is 0 Å². The lowest BCUT2D eigenvalue weighted by molar-refractivity contribution is -0.160. The zero-order valence-electron chi connectivity index (χ0n) is 8.02. The van der Waals surface area contributed by atoms with Crippen LogP contribution in [0.3, 0.4) is 0 Å². The largest absolute Gasteiger partial charge is 0.465 e. The molecule has 0 amide bonds. The van der Waals surface area contributed by atoms with Crippen LogP contribution in [0.4, 0.5) is 0 Å². The van der Waals surface area contributed by atoms with Crippen LogP contribution in [0.25, 0.3) is 0 Å². The summed E-state index contributed by atoms with van der Waals surface area (Å²) in [6, 6.07) is 0. The molecule has 1 fully saturated rings. The highest BCUT2D eigenvalue weighted by Gasteiger charge is 2.51. The molecule has 1 heterocycles. The second-order valence-electron chi connectivity index (χ2n) is 3.29. The number of carbonyl (C=O) groups is 2. The predicted octanol–water partition coefficient (Wildman–Crippen LogP) is -0.797. The summed E-state index contributed by atoms with van der Waals surface area (Å²) >= 11 is 0. The monoisotopic (exact) mass is 219 g/mol. The van der Waals surface area contributed by atoms with Crippen LogP contribution in [0.1, 0.15) is 6.92 Å². The number of carbonyl (C=O) groups excluding carboxylic acids is 2. The normalized spacial score (nSPS) is 28.1. The Bertz CT molecular complexity index is 258. The van der Waals surface area contributed by atoms with Gasteiger partial charge in [-0.1, -0.05) is 9.39 Å². The first-order valence-corrected chi connectivity index (χ1v) is 4.89. The summed E-state index contributed by atoms with van der Waals surface area (Å²) in [7, 11) is 2.34. The smallest absolute Gasteiger partial charge is 0.323 e. The number of aliphatic hydroxyl groups excluding tert-OH is 1. The minimum atomic E-state index is -1.36. The summed E-state index contributed by atoms with van der Waals surface area (Å²) in [5, 5.41) is 9.14. The standard InChI is InChI=1S/C8H14NO4P/c1-2-13-7(12)8(5-10)4-9(14)3-6(8)11/h10H,2-5,14H2,1H3. The molecule has 80 valence electrons. The Morgan fingerprint density at radius 1 is 1.79 bits per heavy atom. The predicted molar refractivity (Wildman–Crippen MR) is 52.4 cm³/mol. The van der Waals surface area contributed by atoms with Gasteiger partial charge >= 0.3 is 5.97 Å². The minimum absolute atomic E-state index is 0.157. The fraction of sp³-hybridized carbons (Fsp3) is 0.750. The summed E-state index contributed by atoms with van der Waals surface area (Å²) in [6.07, 6.45) is 0. The van der Waals surface area contributed by atoms with Crippen LogP contribution >= 0.6 is 9.39 Å². The number of nitrogens with zero attached hydrogens (tertiary/aromatic N) is 1. The first-order valence-electron chi connectivity index (χ1n) is 4.38. The van der Waals surface area contributed by atoms with E-state index in [1.54, 1.807) is 11.6 Å². The molecule has 2 atom stereocenters. The van der Waals surface area contributed by atoms with Crippen molar-refractivity contribution in [2.24, 2.45) is 5.41 Å². The third-order valence-corrected chi connectivity index (χ3v) is 2.65. The van der Waals surface area contributed by atoms with Gasteiger partial charge in [-0.15, -0.1) is 0 Å². The number of esters is 1. The van der Waals surface area contributed by atoms with Gasteiger partial charge in [-0.25, -0.2) is 0 Å². The molecule has 1 aliphatic heterocycles. The maximum absolute atomic E-state index is 11.5. The maximum atomic E-state index is 11.5. The molecular weight excluding hydrogens is 205 g/mol. The zero-order chi connectivity index (χ0) is 10.8. The average molecular weight is 219 g/mol. The number of aliphatic hydroxyl groups is 1. The molecule has 0 saturated carbocycles. The lowest BCUT2D eigenvalue weighted by atomic mass is 9.87. The second-order valence-corrected chi connectivity index (χ2v) is 4.02. The molecule has 0 aromatic carbocycles. The number of ketones is 1. The Balaban J connectivity index is 2.86. The summed E-state index contributed by atoms with van der Waals surface area (Å²) < 4.78 is 6.40. The Labute approximate surface area is 84.7 Å². The van der Waals surface area contributed by atoms with Crippen molar-refractivity contribution in [3.8, 4) is 0 Å². The van der Waals surface area contributed by atoms with Crippen molar-refractivity contribution in [1.82, 2.24) is 4.67 Å². The fourth-order valence-corrected chi connectivity index (χ4v) is 1.95. The molecule has 1 rings (SSSR count). The van der Waals surface area contributed by atoms with Gasteiger partial charge < -0.3 is 9.84 Å². The molecule has 0 radical (unpaired) electrons. The number of hydrogen-bond acceptors (Lipinski definition) is 5. The molecular formula is C8H14NO4P. The third-order valence-electron chi connectivity index (χ3n) is 2.29. The van der Waals surface area contributed by atoms with Crippen LogP contribution in [-0.2, 0) is 14.3 Å². The molecule has 14 heavy (non-hydrogen) atoms. The van der Waals surface area contributed by atoms with Gasteiger partial charge in [0.1, 0.15) is 0 Å². The van der Waals surface area contributed by atoms with E-state index < -0.39 is 18.0 Å². The zero-order valence-corrected chi connectivity index (χ0v) is 9.18. The van der Waals surface area contributed by atoms with E-state index in [-0.39, 0.29) is 25.5 Å².